The van der Waals surface area contributed by atoms with Gasteiger partial charge in [-0.1, -0.05) is 47.5 Å². The van der Waals surface area contributed by atoms with Crippen LogP contribution < -0.4 is 24.7 Å². The van der Waals surface area contributed by atoms with Crippen molar-refractivity contribution >= 4 is 29.2 Å². The van der Waals surface area contributed by atoms with Crippen molar-refractivity contribution in [1.29, 1.82) is 5.26 Å². The van der Waals surface area contributed by atoms with Crippen LogP contribution in [0.25, 0.3) is 0 Å². The fourth-order valence-electron chi connectivity index (χ4n) is 3.85. The zero-order chi connectivity index (χ0) is 23.8. The molecule has 0 saturated heterocycles. The molecule has 0 spiro atoms. The summed E-state index contributed by atoms with van der Waals surface area (Å²) < 4.78 is 22.5. The summed E-state index contributed by atoms with van der Waals surface area (Å²) >= 11 is 12.3. The number of benzene rings is 3. The molecule has 0 aliphatic carbocycles. The van der Waals surface area contributed by atoms with Gasteiger partial charge in [-0.05, 0) is 35.9 Å². The van der Waals surface area contributed by atoms with Crippen molar-refractivity contribution in [1.82, 2.24) is 0 Å². The van der Waals surface area contributed by atoms with Crippen LogP contribution >= 0.6 is 23.2 Å². The van der Waals surface area contributed by atoms with Crippen LogP contribution in [0.5, 0.6) is 23.0 Å². The van der Waals surface area contributed by atoms with Gasteiger partial charge in [0.1, 0.15) is 29.7 Å². The summed E-state index contributed by atoms with van der Waals surface area (Å²) in [5.74, 6) is 0.424. The fourth-order valence-corrected chi connectivity index (χ4v) is 4.16. The van der Waals surface area contributed by atoms with Gasteiger partial charge < -0.3 is 24.7 Å². The van der Waals surface area contributed by atoms with Crippen LogP contribution in [0.4, 0.5) is 0 Å². The molecule has 34 heavy (non-hydrogen) atoms. The molecule has 170 valence electrons. The van der Waals surface area contributed by atoms with Crippen LogP contribution in [-0.2, 0) is 4.79 Å². The zero-order valence-electron chi connectivity index (χ0n) is 17.5. The number of carbonyl (C=O) groups excluding carboxylic acids is 1. The van der Waals surface area contributed by atoms with Crippen molar-refractivity contribution in [2.75, 3.05) is 6.61 Å². The van der Waals surface area contributed by atoms with Crippen molar-refractivity contribution in [3.63, 3.8) is 0 Å². The minimum Gasteiger partial charge on any atom is -0.485 e. The highest BCUT2D eigenvalue weighted by atomic mass is 35.5. The second kappa shape index (κ2) is 8.82. The molecule has 0 saturated carbocycles. The average Bonchev–Trinajstić information content (AvgIpc) is 2.84. The van der Waals surface area contributed by atoms with Gasteiger partial charge in [-0.25, -0.2) is 4.79 Å². The maximum absolute atomic E-state index is 12.7. The first-order chi connectivity index (χ1) is 16.4. The van der Waals surface area contributed by atoms with Crippen LogP contribution in [0, 0.1) is 11.3 Å². The second-order valence-corrected chi connectivity index (χ2v) is 8.40. The lowest BCUT2D eigenvalue weighted by atomic mass is 9.83. The van der Waals surface area contributed by atoms with Gasteiger partial charge in [0, 0.05) is 11.6 Å². The second-order valence-electron chi connectivity index (χ2n) is 7.58. The number of nitrogens with two attached hydrogens (primary N) is 1. The van der Waals surface area contributed by atoms with Crippen LogP contribution in [0.2, 0.25) is 10.0 Å². The van der Waals surface area contributed by atoms with E-state index in [0.29, 0.717) is 32.9 Å². The smallest absolute Gasteiger partial charge is 0.356 e. The molecule has 3 aromatic rings. The molecule has 2 atom stereocenters. The first-order valence-electron chi connectivity index (χ1n) is 10.2. The van der Waals surface area contributed by atoms with Crippen molar-refractivity contribution in [2.45, 2.75) is 12.0 Å². The number of carbonyl (C=O) groups is 1. The fraction of sp³-hybridized carbons (Fsp3) is 0.120. The molecule has 2 N–H and O–H groups in total. The highest BCUT2D eigenvalue weighted by molar-refractivity contribution is 6.42. The number of esters is 1. The third-order valence-corrected chi connectivity index (χ3v) is 6.20. The molecule has 0 bridgehead atoms. The van der Waals surface area contributed by atoms with E-state index in [1.807, 2.05) is 6.07 Å². The molecule has 2 unspecified atom stereocenters. The van der Waals surface area contributed by atoms with E-state index >= 15 is 0 Å². The predicted molar refractivity (Wildman–Crippen MR) is 124 cm³/mol. The quantitative estimate of drug-likeness (QED) is 0.405. The molecule has 0 radical (unpaired) electrons. The Kier molecular flexibility index (Phi) is 5.70. The van der Waals surface area contributed by atoms with Gasteiger partial charge in [0.15, 0.2) is 11.5 Å². The number of fused-ring (bicyclic) bond motifs is 2. The summed E-state index contributed by atoms with van der Waals surface area (Å²) in [7, 11) is 0. The van der Waals surface area contributed by atoms with Gasteiger partial charge in [0.05, 0.1) is 16.0 Å². The number of nitriles is 1. The average molecular weight is 495 g/mol. The van der Waals surface area contributed by atoms with Crippen LogP contribution in [0.3, 0.4) is 0 Å². The highest BCUT2D eigenvalue weighted by Gasteiger charge is 2.33. The van der Waals surface area contributed by atoms with Crippen LogP contribution in [0.1, 0.15) is 17.0 Å². The number of hydrogen-bond acceptors (Lipinski definition) is 7. The summed E-state index contributed by atoms with van der Waals surface area (Å²) in [5.41, 5.74) is 7.66. The summed E-state index contributed by atoms with van der Waals surface area (Å²) in [6, 6.07) is 19.2. The van der Waals surface area contributed by atoms with Crippen LogP contribution in [0.15, 0.2) is 72.1 Å². The van der Waals surface area contributed by atoms with E-state index in [4.69, 9.17) is 47.9 Å². The first-order valence-corrected chi connectivity index (χ1v) is 11.0. The molecule has 3 aromatic carbocycles. The van der Waals surface area contributed by atoms with Crippen molar-refractivity contribution in [3.8, 4) is 29.1 Å². The Morgan fingerprint density at radius 1 is 1.03 bits per heavy atom. The van der Waals surface area contributed by atoms with E-state index in [-0.39, 0.29) is 23.8 Å². The SMILES string of the molecule is N#CC1=C(N)Oc2cc(OC(=O)C3COc4ccccc4O3)ccc2C1c1ccc(Cl)c(Cl)c1. The van der Waals surface area contributed by atoms with E-state index in [0.717, 1.165) is 5.56 Å². The molecular formula is C25H16Cl2N2O5. The molecular weight excluding hydrogens is 479 g/mol. The molecule has 7 nitrogen and oxygen atoms in total. The molecule has 9 heteroatoms. The zero-order valence-corrected chi connectivity index (χ0v) is 19.0. The predicted octanol–water partition coefficient (Wildman–Crippen LogP) is 4.96. The number of hydrogen-bond donors (Lipinski definition) is 1. The number of nitrogens with zero attached hydrogens (tertiary/aromatic N) is 1. The van der Waals surface area contributed by atoms with Crippen molar-refractivity contribution < 1.29 is 23.7 Å². The van der Waals surface area contributed by atoms with E-state index < -0.39 is 18.0 Å². The molecule has 5 rings (SSSR count). The maximum Gasteiger partial charge on any atom is 0.356 e. The van der Waals surface area contributed by atoms with Gasteiger partial charge in [0.25, 0.3) is 0 Å². The Hall–Kier alpha value is -3.86. The first kappa shape index (κ1) is 22.0. The largest absolute Gasteiger partial charge is 0.485 e. The Labute approximate surface area is 204 Å². The van der Waals surface area contributed by atoms with Crippen molar-refractivity contribution in [2.24, 2.45) is 5.73 Å². The van der Waals surface area contributed by atoms with Crippen LogP contribution in [-0.4, -0.2) is 18.7 Å². The van der Waals surface area contributed by atoms with E-state index in [1.54, 1.807) is 48.5 Å². The molecule has 0 aromatic heterocycles. The Morgan fingerprint density at radius 3 is 2.59 bits per heavy atom. The van der Waals surface area contributed by atoms with Gasteiger partial charge in [-0.3, -0.25) is 0 Å². The maximum atomic E-state index is 12.7. The lowest BCUT2D eigenvalue weighted by Gasteiger charge is -2.27. The monoisotopic (exact) mass is 494 g/mol. The Morgan fingerprint density at radius 2 is 1.82 bits per heavy atom. The van der Waals surface area contributed by atoms with E-state index in [1.165, 1.54) is 6.07 Å². The number of halogens is 2. The molecule has 2 aliphatic heterocycles. The standard InChI is InChI=1S/C25H16Cl2N2O5/c26-17-8-5-13(9-18(17)27)23-15-7-6-14(10-21(15)34-24(29)16(23)11-28)32-25(30)22-12-31-19-3-1-2-4-20(19)33-22/h1-10,22-23H,12,29H2. The van der Waals surface area contributed by atoms with E-state index in [9.17, 15) is 10.1 Å². The third kappa shape index (κ3) is 3.98. The lowest BCUT2D eigenvalue weighted by Crippen LogP contribution is -2.39. The number of para-hydroxylation sites is 2. The van der Waals surface area contributed by atoms with Gasteiger partial charge in [0.2, 0.25) is 12.0 Å². The Balaban J connectivity index is 1.42. The van der Waals surface area contributed by atoms with Gasteiger partial charge >= 0.3 is 5.97 Å². The highest BCUT2D eigenvalue weighted by Crippen LogP contribution is 2.44. The summed E-state index contributed by atoms with van der Waals surface area (Å²) in [6.45, 7) is 0.0257. The number of rotatable bonds is 3. The number of ether oxygens (including phenoxy) is 4. The lowest BCUT2D eigenvalue weighted by molar-refractivity contribution is -0.144. The topological polar surface area (TPSA) is 104 Å². The normalized spacial score (nSPS) is 18.4. The van der Waals surface area contributed by atoms with Gasteiger partial charge in [-0.2, -0.15) is 5.26 Å². The molecule has 2 heterocycles. The minimum absolute atomic E-state index is 0.0257. The summed E-state index contributed by atoms with van der Waals surface area (Å²) in [5, 5.41) is 10.5. The molecule has 0 fully saturated rings. The third-order valence-electron chi connectivity index (χ3n) is 5.46. The Bertz CT molecular complexity index is 1380. The van der Waals surface area contributed by atoms with Crippen molar-refractivity contribution in [3.05, 3.63) is 93.3 Å². The molecule has 2 aliphatic rings. The van der Waals surface area contributed by atoms with Gasteiger partial charge in [-0.15, -0.1) is 0 Å². The number of allylic oxidation sites excluding steroid dienone is 1. The molecule has 0 amide bonds. The minimum atomic E-state index is -0.925. The van der Waals surface area contributed by atoms with E-state index in [2.05, 4.69) is 6.07 Å². The summed E-state index contributed by atoms with van der Waals surface area (Å²) in [6.07, 6.45) is -0.925. The summed E-state index contributed by atoms with van der Waals surface area (Å²) in [4.78, 5) is 12.7.